The van der Waals surface area contributed by atoms with Crippen LogP contribution in [0, 0.1) is 11.3 Å². The molecule has 68 valence electrons. The van der Waals surface area contributed by atoms with E-state index in [0.29, 0.717) is 0 Å². The minimum Gasteiger partial charge on any atom is -0.384 e. The molecular weight excluding hydrogens is 176 g/mol. The van der Waals surface area contributed by atoms with Crippen LogP contribution >= 0.6 is 0 Å². The lowest BCUT2D eigenvalue weighted by atomic mass is 10.1. The number of hydrogen-bond acceptors (Lipinski definition) is 3. The van der Waals surface area contributed by atoms with Crippen LogP contribution in [0.2, 0.25) is 0 Å². The number of nitrogens with two attached hydrogens (primary N) is 1. The highest BCUT2D eigenvalue weighted by Gasteiger charge is 2.13. The highest BCUT2D eigenvalue weighted by molar-refractivity contribution is 5.38. The Kier molecular flexibility index (Phi) is 2.75. The topological polar surface area (TPSA) is 62.7 Å². The van der Waals surface area contributed by atoms with Gasteiger partial charge < -0.3 is 5.73 Å². The first-order valence-electron chi connectivity index (χ1n) is 3.54. The molecular formula is C8H7F2N3. The van der Waals surface area contributed by atoms with E-state index in [9.17, 15) is 8.78 Å². The van der Waals surface area contributed by atoms with Gasteiger partial charge in [0.1, 0.15) is 5.82 Å². The molecule has 5 heteroatoms. The fourth-order valence-electron chi connectivity index (χ4n) is 0.952. The first kappa shape index (κ1) is 9.39. The molecule has 0 saturated carbocycles. The average molecular weight is 183 g/mol. The monoisotopic (exact) mass is 183 g/mol. The number of halogens is 2. The van der Waals surface area contributed by atoms with Gasteiger partial charge in [-0.25, -0.2) is 13.8 Å². The summed E-state index contributed by atoms with van der Waals surface area (Å²) in [6, 6.07) is 2.88. The molecule has 0 aliphatic rings. The van der Waals surface area contributed by atoms with Gasteiger partial charge in [-0.15, -0.1) is 0 Å². The smallest absolute Gasteiger partial charge is 0.264 e. The largest absolute Gasteiger partial charge is 0.384 e. The van der Waals surface area contributed by atoms with Gasteiger partial charge in [0.15, 0.2) is 0 Å². The van der Waals surface area contributed by atoms with Gasteiger partial charge in [-0.2, -0.15) is 5.26 Å². The van der Waals surface area contributed by atoms with Gasteiger partial charge in [-0.1, -0.05) is 0 Å². The predicted molar refractivity (Wildman–Crippen MR) is 42.9 cm³/mol. The fourth-order valence-corrected chi connectivity index (χ4v) is 0.952. The Morgan fingerprint density at radius 1 is 1.62 bits per heavy atom. The number of nitrogens with zero attached hydrogens (tertiary/aromatic N) is 2. The van der Waals surface area contributed by atoms with Crippen molar-refractivity contribution in [2.75, 3.05) is 5.73 Å². The van der Waals surface area contributed by atoms with Gasteiger partial charge in [0.25, 0.3) is 6.43 Å². The Morgan fingerprint density at radius 2 is 2.31 bits per heavy atom. The van der Waals surface area contributed by atoms with E-state index in [2.05, 4.69) is 4.98 Å². The van der Waals surface area contributed by atoms with Crippen LogP contribution in [-0.2, 0) is 6.42 Å². The first-order chi connectivity index (χ1) is 6.15. The van der Waals surface area contributed by atoms with Crippen molar-refractivity contribution in [2.45, 2.75) is 12.8 Å². The predicted octanol–water partition coefficient (Wildman–Crippen LogP) is 1.67. The Hall–Kier alpha value is -1.70. The fraction of sp³-hybridized carbons (Fsp3) is 0.250. The second kappa shape index (κ2) is 3.81. The second-order valence-electron chi connectivity index (χ2n) is 2.44. The van der Waals surface area contributed by atoms with E-state index >= 15 is 0 Å². The molecule has 0 atom stereocenters. The summed E-state index contributed by atoms with van der Waals surface area (Å²) >= 11 is 0. The Labute approximate surface area is 73.8 Å². The molecule has 0 unspecified atom stereocenters. The highest BCUT2D eigenvalue weighted by atomic mass is 19.3. The number of pyridine rings is 1. The normalized spacial score (nSPS) is 10.0. The van der Waals surface area contributed by atoms with Crippen molar-refractivity contribution in [1.29, 1.82) is 5.26 Å². The van der Waals surface area contributed by atoms with Crippen molar-refractivity contribution >= 4 is 5.82 Å². The zero-order valence-electron chi connectivity index (χ0n) is 6.67. The van der Waals surface area contributed by atoms with Gasteiger partial charge >= 0.3 is 0 Å². The maximum atomic E-state index is 12.3. The van der Waals surface area contributed by atoms with Crippen LogP contribution in [0.15, 0.2) is 12.3 Å². The molecule has 1 aromatic heterocycles. The van der Waals surface area contributed by atoms with Crippen molar-refractivity contribution in [3.63, 3.8) is 0 Å². The maximum absolute atomic E-state index is 12.3. The summed E-state index contributed by atoms with van der Waals surface area (Å²) in [5.41, 5.74) is 5.25. The number of hydrogen-bond donors (Lipinski definition) is 1. The summed E-state index contributed by atoms with van der Waals surface area (Å²) in [6.45, 7) is 0. The number of alkyl halides is 2. The summed E-state index contributed by atoms with van der Waals surface area (Å²) in [7, 11) is 0. The number of aromatic nitrogens is 1. The summed E-state index contributed by atoms with van der Waals surface area (Å²) in [5, 5.41) is 8.34. The third kappa shape index (κ3) is 2.12. The molecule has 0 saturated heterocycles. The Bertz CT molecular complexity index is 344. The van der Waals surface area contributed by atoms with E-state index in [1.807, 2.05) is 0 Å². The minimum absolute atomic E-state index is 0.0389. The molecule has 13 heavy (non-hydrogen) atoms. The van der Waals surface area contributed by atoms with E-state index < -0.39 is 6.43 Å². The number of anilines is 1. The Balaban J connectivity index is 3.12. The molecule has 1 heterocycles. The third-order valence-electron chi connectivity index (χ3n) is 1.55. The van der Waals surface area contributed by atoms with Crippen LogP contribution in [-0.4, -0.2) is 4.98 Å². The second-order valence-corrected chi connectivity index (χ2v) is 2.44. The van der Waals surface area contributed by atoms with Gasteiger partial charge in [-0.05, 0) is 11.6 Å². The standard InChI is InChI=1S/C8H7F2N3/c9-8(10)6-3-7(12)13-4-5(6)1-2-11/h3-4,8H,1H2,(H2,12,13). The van der Waals surface area contributed by atoms with Crippen LogP contribution in [0.1, 0.15) is 17.6 Å². The lowest BCUT2D eigenvalue weighted by Gasteiger charge is -2.05. The molecule has 2 N–H and O–H groups in total. The lowest BCUT2D eigenvalue weighted by molar-refractivity contribution is 0.150. The summed E-state index contributed by atoms with van der Waals surface area (Å²) in [5.74, 6) is 0.0389. The number of rotatable bonds is 2. The molecule has 3 nitrogen and oxygen atoms in total. The van der Waals surface area contributed by atoms with Crippen LogP contribution in [0.4, 0.5) is 14.6 Å². The molecule has 0 aliphatic heterocycles. The average Bonchev–Trinajstić information content (AvgIpc) is 2.08. The third-order valence-corrected chi connectivity index (χ3v) is 1.55. The zero-order chi connectivity index (χ0) is 9.84. The van der Waals surface area contributed by atoms with Gasteiger partial charge in [-0.3, -0.25) is 0 Å². The van der Waals surface area contributed by atoms with E-state index in [4.69, 9.17) is 11.0 Å². The summed E-state index contributed by atoms with van der Waals surface area (Å²) in [4.78, 5) is 3.63. The van der Waals surface area contributed by atoms with E-state index in [0.717, 1.165) is 6.07 Å². The molecule has 1 aromatic rings. The minimum atomic E-state index is -2.62. The molecule has 0 aromatic carbocycles. The van der Waals surface area contributed by atoms with Crippen molar-refractivity contribution < 1.29 is 8.78 Å². The van der Waals surface area contributed by atoms with E-state index in [-0.39, 0.29) is 23.4 Å². The van der Waals surface area contributed by atoms with Crippen molar-refractivity contribution in [2.24, 2.45) is 0 Å². The van der Waals surface area contributed by atoms with Crippen LogP contribution in [0.25, 0.3) is 0 Å². The zero-order valence-corrected chi connectivity index (χ0v) is 6.67. The molecule has 0 spiro atoms. The van der Waals surface area contributed by atoms with Crippen LogP contribution in [0.3, 0.4) is 0 Å². The van der Waals surface area contributed by atoms with E-state index in [1.54, 1.807) is 6.07 Å². The quantitative estimate of drug-likeness (QED) is 0.758. The molecule has 0 radical (unpaired) electrons. The van der Waals surface area contributed by atoms with Gasteiger partial charge in [0, 0.05) is 11.8 Å². The Morgan fingerprint density at radius 3 is 2.85 bits per heavy atom. The van der Waals surface area contributed by atoms with Crippen molar-refractivity contribution in [3.05, 3.63) is 23.4 Å². The van der Waals surface area contributed by atoms with Crippen molar-refractivity contribution in [1.82, 2.24) is 4.98 Å². The molecule has 0 amide bonds. The first-order valence-corrected chi connectivity index (χ1v) is 3.54. The van der Waals surface area contributed by atoms with Gasteiger partial charge in [0.2, 0.25) is 0 Å². The molecule has 1 rings (SSSR count). The van der Waals surface area contributed by atoms with Crippen LogP contribution < -0.4 is 5.73 Å². The summed E-state index contributed by atoms with van der Waals surface area (Å²) < 4.78 is 24.7. The number of nitriles is 1. The SMILES string of the molecule is N#CCc1cnc(N)cc1C(F)F. The van der Waals surface area contributed by atoms with Crippen LogP contribution in [0.5, 0.6) is 0 Å². The lowest BCUT2D eigenvalue weighted by Crippen LogP contribution is -1.99. The highest BCUT2D eigenvalue weighted by Crippen LogP contribution is 2.23. The molecule has 0 fully saturated rings. The van der Waals surface area contributed by atoms with E-state index in [1.165, 1.54) is 6.20 Å². The molecule has 0 bridgehead atoms. The molecule has 0 aliphatic carbocycles. The number of nitrogen functional groups attached to an aromatic ring is 1. The maximum Gasteiger partial charge on any atom is 0.264 e. The van der Waals surface area contributed by atoms with Crippen molar-refractivity contribution in [3.8, 4) is 6.07 Å². The summed E-state index contributed by atoms with van der Waals surface area (Å²) in [6.07, 6.45) is -1.49. The van der Waals surface area contributed by atoms with Gasteiger partial charge in [0.05, 0.1) is 12.5 Å².